The van der Waals surface area contributed by atoms with Gasteiger partial charge in [0.05, 0.1) is 5.69 Å². The van der Waals surface area contributed by atoms with E-state index in [0.29, 0.717) is 12.5 Å². The van der Waals surface area contributed by atoms with Crippen LogP contribution in [0.1, 0.15) is 30.7 Å². The largest absolute Gasteiger partial charge is 0.356 e. The summed E-state index contributed by atoms with van der Waals surface area (Å²) < 4.78 is 0.991. The first-order chi connectivity index (χ1) is 13.0. The highest BCUT2D eigenvalue weighted by molar-refractivity contribution is 9.10. The molecule has 2 aliphatic heterocycles. The van der Waals surface area contributed by atoms with Gasteiger partial charge in [0.25, 0.3) is 5.91 Å². The lowest BCUT2D eigenvalue weighted by atomic mass is 9.82. The maximum Gasteiger partial charge on any atom is 0.258 e. The molecule has 0 radical (unpaired) electrons. The molecule has 0 saturated heterocycles. The Labute approximate surface area is 167 Å². The van der Waals surface area contributed by atoms with Crippen LogP contribution in [0.2, 0.25) is 0 Å². The number of carbonyl (C=O) groups excluding carboxylic acids is 1. The van der Waals surface area contributed by atoms with Crippen LogP contribution in [0.4, 0.5) is 5.69 Å². The van der Waals surface area contributed by atoms with E-state index in [4.69, 9.17) is 0 Å². The Balaban J connectivity index is 1.81. The van der Waals surface area contributed by atoms with Crippen LogP contribution in [-0.2, 0) is 16.8 Å². The first kappa shape index (κ1) is 17.0. The van der Waals surface area contributed by atoms with Crippen molar-refractivity contribution in [3.05, 3.63) is 63.8 Å². The number of amides is 1. The first-order valence-corrected chi connectivity index (χ1v) is 10.3. The molecule has 0 fully saturated rings. The van der Waals surface area contributed by atoms with Gasteiger partial charge in [0.1, 0.15) is 0 Å². The van der Waals surface area contributed by atoms with Crippen molar-refractivity contribution in [3.63, 3.8) is 0 Å². The Bertz CT molecular complexity index is 1070. The molecule has 2 N–H and O–H groups in total. The Morgan fingerprint density at radius 3 is 2.85 bits per heavy atom. The Kier molecular flexibility index (Phi) is 3.75. The molecule has 2 aromatic carbocycles. The van der Waals surface area contributed by atoms with Gasteiger partial charge in [-0.2, -0.15) is 0 Å². The highest BCUT2D eigenvalue weighted by atomic mass is 79.9. The Morgan fingerprint density at radius 1 is 1.22 bits per heavy atom. The minimum Gasteiger partial charge on any atom is -0.356 e. The monoisotopic (exact) mass is 423 g/mol. The van der Waals surface area contributed by atoms with Gasteiger partial charge in [-0.15, -0.1) is 0 Å². The van der Waals surface area contributed by atoms with E-state index in [1.165, 1.54) is 10.9 Å². The number of nitrogens with one attached hydrogen (secondary N) is 2. The van der Waals surface area contributed by atoms with Crippen LogP contribution in [-0.4, -0.2) is 24.0 Å². The summed E-state index contributed by atoms with van der Waals surface area (Å²) in [5, 5.41) is 4.83. The predicted octanol–water partition coefficient (Wildman–Crippen LogP) is 4.32. The predicted molar refractivity (Wildman–Crippen MR) is 112 cm³/mol. The molecule has 3 heterocycles. The van der Waals surface area contributed by atoms with Gasteiger partial charge in [-0.3, -0.25) is 10.1 Å². The third kappa shape index (κ3) is 2.28. The van der Waals surface area contributed by atoms with Crippen molar-refractivity contribution >= 4 is 38.4 Å². The number of rotatable bonds is 2. The van der Waals surface area contributed by atoms with E-state index in [1.54, 1.807) is 0 Å². The first-order valence-electron chi connectivity index (χ1n) is 9.49. The number of benzene rings is 2. The number of hydrogen-bond donors (Lipinski definition) is 2. The molecular formula is C22H22BrN3O. The fraction of sp³-hybridized carbons (Fsp3) is 0.318. The normalized spacial score (nSPS) is 21.3. The van der Waals surface area contributed by atoms with Crippen LogP contribution < -0.4 is 10.2 Å². The van der Waals surface area contributed by atoms with Crippen molar-refractivity contribution in [2.45, 2.75) is 25.8 Å². The van der Waals surface area contributed by atoms with Crippen molar-refractivity contribution in [3.8, 4) is 0 Å². The second-order valence-corrected chi connectivity index (χ2v) is 8.84. The number of nitrogens with zero attached hydrogens (tertiary/aromatic N) is 1. The number of anilines is 1. The quantitative estimate of drug-likeness (QED) is 0.644. The molecular weight excluding hydrogens is 402 g/mol. The number of hydrogen-bond acceptors (Lipinski definition) is 2. The zero-order valence-corrected chi connectivity index (χ0v) is 17.1. The van der Waals surface area contributed by atoms with E-state index >= 15 is 0 Å². The molecule has 5 rings (SSSR count). The summed E-state index contributed by atoms with van der Waals surface area (Å²) in [5.74, 6) is 0.517. The van der Waals surface area contributed by atoms with Gasteiger partial charge in [0, 0.05) is 39.7 Å². The molecule has 5 heteroatoms. The van der Waals surface area contributed by atoms with Crippen molar-refractivity contribution in [1.29, 1.82) is 0 Å². The standard InChI is InChI=1S/C22H22BrN3O/c1-13(2)12-26-19-8-7-14(23)11-17(19)22(21(26)27)20-16(9-10-24-22)15-5-3-4-6-18(15)25-20/h3-8,11,13,24-25H,9-10,12H2,1-2H3. The van der Waals surface area contributed by atoms with Gasteiger partial charge in [-0.25, -0.2) is 0 Å². The molecule has 3 aromatic rings. The second kappa shape index (κ2) is 5.94. The lowest BCUT2D eigenvalue weighted by molar-refractivity contribution is -0.123. The van der Waals surface area contributed by atoms with E-state index in [9.17, 15) is 4.79 Å². The third-order valence-electron chi connectivity index (χ3n) is 5.72. The fourth-order valence-electron chi connectivity index (χ4n) is 4.67. The molecule has 27 heavy (non-hydrogen) atoms. The summed E-state index contributed by atoms with van der Waals surface area (Å²) in [7, 11) is 0. The summed E-state index contributed by atoms with van der Waals surface area (Å²) in [6, 6.07) is 14.5. The van der Waals surface area contributed by atoms with Gasteiger partial charge in [0.2, 0.25) is 0 Å². The third-order valence-corrected chi connectivity index (χ3v) is 6.21. The molecule has 1 spiro atoms. The lowest BCUT2D eigenvalue weighted by Crippen LogP contribution is -2.55. The maximum absolute atomic E-state index is 13.9. The van der Waals surface area contributed by atoms with Gasteiger partial charge >= 0.3 is 0 Å². The molecule has 0 bridgehead atoms. The summed E-state index contributed by atoms with van der Waals surface area (Å²) in [5.41, 5.74) is 4.57. The van der Waals surface area contributed by atoms with Crippen LogP contribution in [0, 0.1) is 5.92 Å². The van der Waals surface area contributed by atoms with E-state index < -0.39 is 5.54 Å². The Hall–Kier alpha value is -2.11. The number of para-hydroxylation sites is 1. The molecule has 0 saturated carbocycles. The molecule has 2 aliphatic rings. The summed E-state index contributed by atoms with van der Waals surface area (Å²) in [6.45, 7) is 5.80. The number of aromatic nitrogens is 1. The molecule has 138 valence electrons. The van der Waals surface area contributed by atoms with Crippen LogP contribution in [0.5, 0.6) is 0 Å². The van der Waals surface area contributed by atoms with Crippen LogP contribution in [0.15, 0.2) is 46.9 Å². The second-order valence-electron chi connectivity index (χ2n) is 7.92. The molecule has 1 atom stereocenters. The minimum absolute atomic E-state index is 0.122. The zero-order chi connectivity index (χ0) is 18.8. The van der Waals surface area contributed by atoms with E-state index in [1.807, 2.05) is 17.0 Å². The SMILES string of the molecule is CC(C)CN1C(=O)C2(NCCc3c2[nH]c2ccccc32)c2cc(Br)ccc21. The highest BCUT2D eigenvalue weighted by Gasteiger charge is 2.55. The van der Waals surface area contributed by atoms with E-state index in [-0.39, 0.29) is 5.91 Å². The van der Waals surface area contributed by atoms with Crippen LogP contribution in [0.3, 0.4) is 0 Å². The summed E-state index contributed by atoms with van der Waals surface area (Å²) >= 11 is 3.61. The topological polar surface area (TPSA) is 48.1 Å². The van der Waals surface area contributed by atoms with Gasteiger partial charge in [-0.05, 0) is 42.2 Å². The zero-order valence-electron chi connectivity index (χ0n) is 15.5. The summed E-state index contributed by atoms with van der Waals surface area (Å²) in [6.07, 6.45) is 0.919. The number of carbonyl (C=O) groups is 1. The van der Waals surface area contributed by atoms with Crippen molar-refractivity contribution in [1.82, 2.24) is 10.3 Å². The van der Waals surface area contributed by atoms with Crippen LogP contribution in [0.25, 0.3) is 10.9 Å². The molecule has 4 nitrogen and oxygen atoms in total. The smallest absolute Gasteiger partial charge is 0.258 e. The van der Waals surface area contributed by atoms with Crippen molar-refractivity contribution in [2.24, 2.45) is 5.92 Å². The van der Waals surface area contributed by atoms with Gasteiger partial charge in [-0.1, -0.05) is 48.0 Å². The lowest BCUT2D eigenvalue weighted by Gasteiger charge is -2.34. The fourth-order valence-corrected chi connectivity index (χ4v) is 5.03. The molecule has 1 amide bonds. The van der Waals surface area contributed by atoms with Gasteiger partial charge < -0.3 is 9.88 Å². The highest BCUT2D eigenvalue weighted by Crippen LogP contribution is 2.48. The minimum atomic E-state index is -0.833. The average Bonchev–Trinajstić information content (AvgIpc) is 3.13. The summed E-state index contributed by atoms with van der Waals surface area (Å²) in [4.78, 5) is 19.4. The number of halogens is 1. The number of aromatic amines is 1. The number of fused-ring (bicyclic) bond motifs is 6. The maximum atomic E-state index is 13.9. The Morgan fingerprint density at radius 2 is 2.04 bits per heavy atom. The van der Waals surface area contributed by atoms with Crippen molar-refractivity contribution < 1.29 is 4.79 Å². The number of H-pyrrole nitrogens is 1. The molecule has 1 unspecified atom stereocenters. The van der Waals surface area contributed by atoms with E-state index in [2.05, 4.69) is 70.4 Å². The van der Waals surface area contributed by atoms with Gasteiger partial charge in [0.15, 0.2) is 5.54 Å². The molecule has 1 aromatic heterocycles. The van der Waals surface area contributed by atoms with E-state index in [0.717, 1.165) is 39.9 Å². The van der Waals surface area contributed by atoms with Crippen LogP contribution >= 0.6 is 15.9 Å². The molecule has 0 aliphatic carbocycles. The van der Waals surface area contributed by atoms with Crippen molar-refractivity contribution in [2.75, 3.05) is 18.0 Å². The average molecular weight is 424 g/mol.